The van der Waals surface area contributed by atoms with Crippen LogP contribution in [0.4, 0.5) is 16.2 Å². The lowest BCUT2D eigenvalue weighted by molar-refractivity contribution is -0.127. The third kappa shape index (κ3) is 6.21. The predicted molar refractivity (Wildman–Crippen MR) is 146 cm³/mol. The van der Waals surface area contributed by atoms with Crippen molar-refractivity contribution in [1.82, 2.24) is 4.90 Å². The first-order chi connectivity index (χ1) is 18.9. The Morgan fingerprint density at radius 2 is 1.74 bits per heavy atom. The van der Waals surface area contributed by atoms with Gasteiger partial charge in [-0.15, -0.1) is 0 Å². The van der Waals surface area contributed by atoms with Gasteiger partial charge in [0, 0.05) is 17.4 Å². The van der Waals surface area contributed by atoms with Crippen LogP contribution >= 0.6 is 11.8 Å². The number of benzene rings is 3. The first kappa shape index (κ1) is 25.9. The standard InChI is InChI=1S/C28H23N3O7S/c1-17-4-2-3-5-21(17)30-26(33)15-36-20-9-6-18(7-10-20)12-24-27(34)31(28(35)39-24)14-25(32)29-19-8-11-22-23(13-19)38-16-37-22/h2-13H,14-16H2,1H3,(H,29,32)(H,30,33)/b24-12-. The van der Waals surface area contributed by atoms with E-state index in [1.54, 1.807) is 48.5 Å². The largest absolute Gasteiger partial charge is 0.484 e. The molecule has 2 N–H and O–H groups in total. The summed E-state index contributed by atoms with van der Waals surface area (Å²) in [5.41, 5.74) is 2.79. The number of hydrogen-bond donors (Lipinski definition) is 2. The number of carbonyl (C=O) groups excluding carboxylic acids is 4. The molecule has 1 fully saturated rings. The molecule has 0 atom stereocenters. The van der Waals surface area contributed by atoms with E-state index in [1.165, 1.54) is 0 Å². The van der Waals surface area contributed by atoms with E-state index in [0.29, 0.717) is 28.5 Å². The third-order valence-corrected chi connectivity index (χ3v) is 6.71. The van der Waals surface area contributed by atoms with Crippen LogP contribution in [0.15, 0.2) is 71.6 Å². The molecular weight excluding hydrogens is 522 g/mol. The van der Waals surface area contributed by atoms with Gasteiger partial charge in [-0.1, -0.05) is 30.3 Å². The van der Waals surface area contributed by atoms with Crippen molar-refractivity contribution in [3.63, 3.8) is 0 Å². The first-order valence-electron chi connectivity index (χ1n) is 11.9. The van der Waals surface area contributed by atoms with E-state index in [9.17, 15) is 19.2 Å². The van der Waals surface area contributed by atoms with Gasteiger partial charge in [-0.3, -0.25) is 24.1 Å². The molecular formula is C28H23N3O7S. The maximum Gasteiger partial charge on any atom is 0.294 e. The number of amides is 4. The minimum atomic E-state index is -0.556. The predicted octanol–water partition coefficient (Wildman–Crippen LogP) is 4.42. The van der Waals surface area contributed by atoms with Crippen molar-refractivity contribution in [1.29, 1.82) is 0 Å². The minimum absolute atomic E-state index is 0.108. The van der Waals surface area contributed by atoms with E-state index in [2.05, 4.69) is 10.6 Å². The van der Waals surface area contributed by atoms with Crippen molar-refractivity contribution in [3.8, 4) is 17.2 Å². The SMILES string of the molecule is Cc1ccccc1NC(=O)COc1ccc(/C=C2\SC(=O)N(CC(=O)Nc3ccc4c(c3)OCO4)C2=O)cc1. The number of aryl methyl sites for hydroxylation is 1. The van der Waals surface area contributed by atoms with Crippen molar-refractivity contribution in [2.75, 3.05) is 30.6 Å². The molecule has 5 rings (SSSR count). The van der Waals surface area contributed by atoms with Crippen molar-refractivity contribution >= 4 is 52.2 Å². The lowest BCUT2D eigenvalue weighted by Gasteiger charge is -2.12. The summed E-state index contributed by atoms with van der Waals surface area (Å²) >= 11 is 0.759. The first-order valence-corrected chi connectivity index (χ1v) is 12.7. The highest BCUT2D eigenvalue weighted by molar-refractivity contribution is 8.18. The molecule has 0 radical (unpaired) electrons. The molecule has 2 aliphatic rings. The molecule has 0 unspecified atom stereocenters. The number of thioether (sulfide) groups is 1. The molecule has 4 amide bonds. The van der Waals surface area contributed by atoms with E-state index in [-0.39, 0.29) is 24.2 Å². The van der Waals surface area contributed by atoms with Crippen LogP contribution in [0, 0.1) is 6.92 Å². The van der Waals surface area contributed by atoms with Gasteiger partial charge in [0.1, 0.15) is 12.3 Å². The molecule has 3 aromatic rings. The van der Waals surface area contributed by atoms with E-state index in [0.717, 1.165) is 27.9 Å². The highest BCUT2D eigenvalue weighted by Gasteiger charge is 2.36. The molecule has 0 spiro atoms. The zero-order chi connectivity index (χ0) is 27.4. The Hall–Kier alpha value is -4.77. The van der Waals surface area contributed by atoms with Gasteiger partial charge in [0.25, 0.3) is 17.1 Å². The summed E-state index contributed by atoms with van der Waals surface area (Å²) in [6, 6.07) is 19.1. The third-order valence-electron chi connectivity index (χ3n) is 5.80. The zero-order valence-corrected chi connectivity index (χ0v) is 21.6. The van der Waals surface area contributed by atoms with Gasteiger partial charge < -0.3 is 24.8 Å². The minimum Gasteiger partial charge on any atom is -0.484 e. The Labute approximate surface area is 227 Å². The average molecular weight is 546 g/mol. The Morgan fingerprint density at radius 1 is 0.974 bits per heavy atom. The number of fused-ring (bicyclic) bond motifs is 1. The van der Waals surface area contributed by atoms with Crippen molar-refractivity contribution < 1.29 is 33.4 Å². The van der Waals surface area contributed by atoms with Crippen LogP contribution in [-0.4, -0.2) is 47.8 Å². The number of ether oxygens (including phenoxy) is 3. The molecule has 2 heterocycles. The van der Waals surface area contributed by atoms with Gasteiger partial charge in [0.2, 0.25) is 12.7 Å². The summed E-state index contributed by atoms with van der Waals surface area (Å²) in [6.07, 6.45) is 1.56. The van der Waals surface area contributed by atoms with Gasteiger partial charge >= 0.3 is 0 Å². The number of hydrogen-bond acceptors (Lipinski definition) is 8. The molecule has 2 aliphatic heterocycles. The summed E-state index contributed by atoms with van der Waals surface area (Å²) in [4.78, 5) is 51.0. The number of imide groups is 1. The Kier molecular flexibility index (Phi) is 7.50. The fraction of sp³-hybridized carbons (Fsp3) is 0.143. The lowest BCUT2D eigenvalue weighted by Crippen LogP contribution is -2.36. The summed E-state index contributed by atoms with van der Waals surface area (Å²) in [7, 11) is 0. The summed E-state index contributed by atoms with van der Waals surface area (Å²) in [5, 5.41) is 4.92. The fourth-order valence-electron chi connectivity index (χ4n) is 3.81. The summed E-state index contributed by atoms with van der Waals surface area (Å²) in [5.74, 6) is 0.186. The smallest absolute Gasteiger partial charge is 0.294 e. The van der Waals surface area contributed by atoms with Gasteiger partial charge in [0.05, 0.1) is 4.91 Å². The molecule has 11 heteroatoms. The van der Waals surface area contributed by atoms with E-state index in [1.807, 2.05) is 31.2 Å². The molecule has 0 aromatic heterocycles. The van der Waals surface area contributed by atoms with Crippen molar-refractivity contribution in [3.05, 3.63) is 82.8 Å². The number of nitrogens with one attached hydrogen (secondary N) is 2. The number of para-hydroxylation sites is 1. The molecule has 0 bridgehead atoms. The number of carbonyl (C=O) groups is 4. The van der Waals surface area contributed by atoms with E-state index >= 15 is 0 Å². The second-order valence-electron chi connectivity index (χ2n) is 8.60. The van der Waals surface area contributed by atoms with E-state index < -0.39 is 23.6 Å². The maximum atomic E-state index is 12.8. The average Bonchev–Trinajstić information content (AvgIpc) is 3.49. The Bertz CT molecular complexity index is 1490. The Morgan fingerprint density at radius 3 is 2.54 bits per heavy atom. The van der Waals surface area contributed by atoms with Gasteiger partial charge in [-0.2, -0.15) is 0 Å². The van der Waals surface area contributed by atoms with E-state index in [4.69, 9.17) is 14.2 Å². The van der Waals surface area contributed by atoms with Crippen LogP contribution in [0.3, 0.4) is 0 Å². The molecule has 3 aromatic carbocycles. The molecule has 0 aliphatic carbocycles. The zero-order valence-electron chi connectivity index (χ0n) is 20.8. The van der Waals surface area contributed by atoms with Crippen LogP contribution < -0.4 is 24.8 Å². The van der Waals surface area contributed by atoms with Gasteiger partial charge in [-0.25, -0.2) is 0 Å². The van der Waals surface area contributed by atoms with Crippen molar-refractivity contribution in [2.24, 2.45) is 0 Å². The van der Waals surface area contributed by atoms with Crippen LogP contribution in [-0.2, 0) is 14.4 Å². The van der Waals surface area contributed by atoms with Crippen molar-refractivity contribution in [2.45, 2.75) is 6.92 Å². The Balaban J connectivity index is 1.14. The highest BCUT2D eigenvalue weighted by Crippen LogP contribution is 2.35. The van der Waals surface area contributed by atoms with Crippen LogP contribution in [0.1, 0.15) is 11.1 Å². The second-order valence-corrected chi connectivity index (χ2v) is 9.60. The lowest BCUT2D eigenvalue weighted by atomic mass is 10.2. The van der Waals surface area contributed by atoms with Crippen LogP contribution in [0.2, 0.25) is 0 Å². The number of anilines is 2. The molecule has 1 saturated heterocycles. The normalized spacial score (nSPS) is 15.0. The number of nitrogens with zero attached hydrogens (tertiary/aromatic N) is 1. The highest BCUT2D eigenvalue weighted by atomic mass is 32.2. The van der Waals surface area contributed by atoms with Gasteiger partial charge in [0.15, 0.2) is 18.1 Å². The van der Waals surface area contributed by atoms with Crippen LogP contribution in [0.5, 0.6) is 17.2 Å². The quantitative estimate of drug-likeness (QED) is 0.399. The molecule has 39 heavy (non-hydrogen) atoms. The molecule has 198 valence electrons. The molecule has 0 saturated carbocycles. The number of rotatable bonds is 8. The summed E-state index contributed by atoms with van der Waals surface area (Å²) < 4.78 is 16.1. The molecule has 10 nitrogen and oxygen atoms in total. The van der Waals surface area contributed by atoms with Crippen LogP contribution in [0.25, 0.3) is 6.08 Å². The monoisotopic (exact) mass is 545 g/mol. The maximum absolute atomic E-state index is 12.8. The fourth-order valence-corrected chi connectivity index (χ4v) is 4.65. The van der Waals surface area contributed by atoms with Gasteiger partial charge in [-0.05, 0) is 66.2 Å². The summed E-state index contributed by atoms with van der Waals surface area (Å²) in [6.45, 7) is 1.42. The second kappa shape index (κ2) is 11.3. The topological polar surface area (TPSA) is 123 Å².